The van der Waals surface area contributed by atoms with Gasteiger partial charge in [0.2, 0.25) is 10.0 Å². The summed E-state index contributed by atoms with van der Waals surface area (Å²) in [7, 11) is -4.22. The Kier molecular flexibility index (Phi) is 4.93. The van der Waals surface area contributed by atoms with Gasteiger partial charge in [-0.2, -0.15) is 0 Å². The van der Waals surface area contributed by atoms with Gasteiger partial charge in [0.15, 0.2) is 0 Å². The number of carboxylic acids is 1. The van der Waals surface area contributed by atoms with E-state index in [1.54, 1.807) is 30.3 Å². The molecule has 2 aromatic carbocycles. The number of nitrogens with one attached hydrogen (secondary N) is 3. The van der Waals surface area contributed by atoms with Gasteiger partial charge in [-0.05, 0) is 30.2 Å². The summed E-state index contributed by atoms with van der Waals surface area (Å²) in [5.74, 6) is -1.57. The summed E-state index contributed by atoms with van der Waals surface area (Å²) in [6, 6.07) is 10.6. The molecule has 3 N–H and O–H groups in total. The highest BCUT2D eigenvalue weighted by molar-refractivity contribution is 7.89. The Morgan fingerprint density at radius 3 is 2.26 bits per heavy atom. The van der Waals surface area contributed by atoms with Crippen LogP contribution in [0.25, 0.3) is 11.0 Å². The van der Waals surface area contributed by atoms with E-state index in [9.17, 15) is 27.9 Å². The number of hydrogen-bond acceptors (Lipinski definition) is 6. The van der Waals surface area contributed by atoms with Gasteiger partial charge in [0.05, 0.1) is 27.9 Å². The number of carbonyl (C=O) groups excluding carboxylic acids is 1. The molecule has 0 radical (unpaired) electrons. The maximum absolute atomic E-state index is 12.6. The fraction of sp³-hybridized carbons (Fsp3) is 0.118. The lowest BCUT2D eigenvalue weighted by Gasteiger charge is -2.20. The third-order valence-corrected chi connectivity index (χ3v) is 5.34. The topological polar surface area (TPSA) is 152 Å². The van der Waals surface area contributed by atoms with Crippen LogP contribution in [0.2, 0.25) is 0 Å². The van der Waals surface area contributed by atoms with Gasteiger partial charge in [0.1, 0.15) is 0 Å². The van der Waals surface area contributed by atoms with Crippen molar-refractivity contribution in [1.29, 1.82) is 0 Å². The molecule has 0 saturated heterocycles. The average molecular weight is 388 g/mol. The Morgan fingerprint density at radius 2 is 1.63 bits per heavy atom. The van der Waals surface area contributed by atoms with Crippen LogP contribution in [0.1, 0.15) is 5.56 Å². The van der Waals surface area contributed by atoms with Crippen LogP contribution in [0.4, 0.5) is 0 Å². The fourth-order valence-electron chi connectivity index (χ4n) is 2.54. The average Bonchev–Trinajstić information content (AvgIpc) is 2.62. The van der Waals surface area contributed by atoms with Gasteiger partial charge in [-0.3, -0.25) is 9.59 Å². The minimum Gasteiger partial charge on any atom is -0.548 e. The number of fused-ring (bicyclic) bond motifs is 1. The number of aliphatic carboxylic acids is 1. The van der Waals surface area contributed by atoms with Crippen molar-refractivity contribution in [2.45, 2.75) is 17.4 Å². The first-order chi connectivity index (χ1) is 12.8. The molecule has 0 aliphatic heterocycles. The highest BCUT2D eigenvalue weighted by Gasteiger charge is 2.22. The second-order valence-corrected chi connectivity index (χ2v) is 7.51. The van der Waals surface area contributed by atoms with Crippen LogP contribution in [0.15, 0.2) is 63.0 Å². The van der Waals surface area contributed by atoms with Gasteiger partial charge < -0.3 is 19.9 Å². The second-order valence-electron chi connectivity index (χ2n) is 5.80. The standard InChI is InChI=1S/C17H15N3O6S/c21-15-16(22)19-13-9-11(6-7-12(13)18-15)27(25,26)20-14(17(23)24)8-10-4-2-1-3-5-10/h1-7,9,14,20H,8H2,(H,18,21)(H,19,22)(H,23,24)/p-1/t14-/m0/s1. The highest BCUT2D eigenvalue weighted by atomic mass is 32.2. The lowest BCUT2D eigenvalue weighted by molar-refractivity contribution is -0.307. The number of rotatable bonds is 6. The normalized spacial score (nSPS) is 12.7. The van der Waals surface area contributed by atoms with Gasteiger partial charge in [-0.25, -0.2) is 13.1 Å². The molecule has 0 bridgehead atoms. The molecule has 27 heavy (non-hydrogen) atoms. The summed E-state index contributed by atoms with van der Waals surface area (Å²) in [5, 5.41) is 11.4. The Balaban J connectivity index is 1.93. The van der Waals surface area contributed by atoms with Crippen LogP contribution >= 0.6 is 0 Å². The number of aromatic amines is 2. The van der Waals surface area contributed by atoms with Crippen molar-refractivity contribution in [2.24, 2.45) is 0 Å². The third kappa shape index (κ3) is 4.13. The molecule has 0 fully saturated rings. The van der Waals surface area contributed by atoms with Crippen molar-refractivity contribution in [1.82, 2.24) is 14.7 Å². The molecule has 0 spiro atoms. The number of sulfonamides is 1. The van der Waals surface area contributed by atoms with Crippen LogP contribution in [-0.2, 0) is 21.2 Å². The van der Waals surface area contributed by atoms with E-state index in [1.807, 2.05) is 0 Å². The second kappa shape index (κ2) is 7.17. The monoisotopic (exact) mass is 388 g/mol. The van der Waals surface area contributed by atoms with Crippen molar-refractivity contribution in [2.75, 3.05) is 0 Å². The van der Waals surface area contributed by atoms with Crippen molar-refractivity contribution in [3.63, 3.8) is 0 Å². The largest absolute Gasteiger partial charge is 0.548 e. The Morgan fingerprint density at radius 1 is 1.00 bits per heavy atom. The third-order valence-electron chi connectivity index (χ3n) is 3.87. The van der Waals surface area contributed by atoms with Gasteiger partial charge >= 0.3 is 11.1 Å². The quantitative estimate of drug-likeness (QED) is 0.454. The summed E-state index contributed by atoms with van der Waals surface area (Å²) in [5.41, 5.74) is -0.845. The maximum Gasteiger partial charge on any atom is 0.314 e. The van der Waals surface area contributed by atoms with Gasteiger partial charge in [0.25, 0.3) is 0 Å². The van der Waals surface area contributed by atoms with Gasteiger partial charge in [0, 0.05) is 0 Å². The van der Waals surface area contributed by atoms with Crippen LogP contribution < -0.4 is 20.9 Å². The molecule has 9 nitrogen and oxygen atoms in total. The summed E-state index contributed by atoms with van der Waals surface area (Å²) < 4.78 is 27.2. The summed E-state index contributed by atoms with van der Waals surface area (Å²) >= 11 is 0. The van der Waals surface area contributed by atoms with E-state index >= 15 is 0 Å². The molecule has 0 aliphatic carbocycles. The van der Waals surface area contributed by atoms with Crippen LogP contribution in [-0.4, -0.2) is 30.4 Å². The molecule has 0 amide bonds. The molecular formula is C17H14N3O6S-. The predicted octanol–water partition coefficient (Wildman–Crippen LogP) is -1.14. The van der Waals surface area contributed by atoms with E-state index in [0.29, 0.717) is 5.56 Å². The van der Waals surface area contributed by atoms with E-state index in [-0.39, 0.29) is 22.3 Å². The van der Waals surface area contributed by atoms with Crippen LogP contribution in [0, 0.1) is 0 Å². The number of H-pyrrole nitrogens is 2. The minimum atomic E-state index is -4.22. The molecule has 3 aromatic rings. The van der Waals surface area contributed by atoms with Gasteiger partial charge in [-0.15, -0.1) is 0 Å². The van der Waals surface area contributed by atoms with Crippen LogP contribution in [0.5, 0.6) is 0 Å². The molecule has 1 aromatic heterocycles. The Hall–Kier alpha value is -3.24. The molecule has 0 unspecified atom stereocenters. The zero-order chi connectivity index (χ0) is 19.6. The fourth-order valence-corrected chi connectivity index (χ4v) is 3.75. The van der Waals surface area contributed by atoms with Gasteiger partial charge in [-0.1, -0.05) is 30.3 Å². The van der Waals surface area contributed by atoms with E-state index < -0.39 is 33.2 Å². The first-order valence-electron chi connectivity index (χ1n) is 7.80. The summed E-state index contributed by atoms with van der Waals surface area (Å²) in [6.07, 6.45) is -0.0971. The number of carboxylic acid groups (broad SMARTS) is 1. The molecule has 1 atom stereocenters. The molecule has 1 heterocycles. The number of hydrogen-bond donors (Lipinski definition) is 3. The maximum atomic E-state index is 12.6. The molecular weight excluding hydrogens is 374 g/mol. The lowest BCUT2D eigenvalue weighted by Crippen LogP contribution is -2.49. The van der Waals surface area contributed by atoms with E-state index in [1.165, 1.54) is 12.1 Å². The zero-order valence-corrected chi connectivity index (χ0v) is 14.6. The zero-order valence-electron chi connectivity index (χ0n) is 13.8. The molecule has 140 valence electrons. The molecule has 0 aliphatic rings. The Labute approximate surface area is 152 Å². The van der Waals surface area contributed by atoms with Crippen molar-refractivity contribution in [3.8, 4) is 0 Å². The molecule has 10 heteroatoms. The molecule has 0 saturated carbocycles. The predicted molar refractivity (Wildman–Crippen MR) is 94.5 cm³/mol. The first-order valence-corrected chi connectivity index (χ1v) is 9.28. The Bertz CT molecular complexity index is 1210. The number of aromatic nitrogens is 2. The first kappa shape index (κ1) is 18.5. The lowest BCUT2D eigenvalue weighted by atomic mass is 10.1. The van der Waals surface area contributed by atoms with E-state index in [4.69, 9.17) is 0 Å². The number of benzene rings is 2. The molecule has 3 rings (SSSR count). The minimum absolute atomic E-state index is 0.0931. The van der Waals surface area contributed by atoms with E-state index in [0.717, 1.165) is 6.07 Å². The summed E-state index contributed by atoms with van der Waals surface area (Å²) in [6.45, 7) is 0. The van der Waals surface area contributed by atoms with Crippen molar-refractivity contribution < 1.29 is 18.3 Å². The van der Waals surface area contributed by atoms with Crippen molar-refractivity contribution >= 4 is 27.0 Å². The van der Waals surface area contributed by atoms with Crippen LogP contribution in [0.3, 0.4) is 0 Å². The number of carbonyl (C=O) groups is 1. The highest BCUT2D eigenvalue weighted by Crippen LogP contribution is 2.15. The smallest absolute Gasteiger partial charge is 0.314 e. The SMILES string of the molecule is O=C([O-])[C@H](Cc1ccccc1)NS(=O)(=O)c1ccc2[nH]c(=O)c(=O)[nH]c2c1. The van der Waals surface area contributed by atoms with Crippen molar-refractivity contribution in [3.05, 3.63) is 74.8 Å². The summed E-state index contributed by atoms with van der Waals surface area (Å²) in [4.78, 5) is 38.4. The van der Waals surface area contributed by atoms with E-state index in [2.05, 4.69) is 14.7 Å².